The van der Waals surface area contributed by atoms with Crippen molar-refractivity contribution in [3.8, 4) is 12.0 Å². The first kappa shape index (κ1) is 10.2. The third-order valence-corrected chi connectivity index (χ3v) is 3.16. The van der Waals surface area contributed by atoms with E-state index in [1.807, 2.05) is 18.2 Å². The molecule has 2 heteroatoms. The van der Waals surface area contributed by atoms with Crippen LogP contribution in [0.15, 0.2) is 36.4 Å². The zero-order valence-corrected chi connectivity index (χ0v) is 9.85. The van der Waals surface area contributed by atoms with E-state index in [4.69, 9.17) is 0 Å². The Morgan fingerprint density at radius 3 is 3.00 bits per heavy atom. The molecule has 0 spiro atoms. The summed E-state index contributed by atoms with van der Waals surface area (Å²) in [6, 6.07) is 16.0. The van der Waals surface area contributed by atoms with E-state index in [9.17, 15) is 0 Å². The Balaban J connectivity index is 2.07. The minimum absolute atomic E-state index is 0.449. The first-order valence-electron chi connectivity index (χ1n) is 5.98. The number of anilines is 1. The first-order chi connectivity index (χ1) is 8.34. The fraction of sp³-hybridized carbons (Fsp3) is 0.267. The van der Waals surface area contributed by atoms with Crippen LogP contribution in [-0.2, 0) is 0 Å². The number of hydrogen-bond donors (Lipinski definition) is 0. The van der Waals surface area contributed by atoms with Crippen molar-refractivity contribution in [2.45, 2.75) is 25.8 Å². The zero-order chi connectivity index (χ0) is 11.7. The molecule has 84 valence electrons. The molecule has 0 radical (unpaired) electrons. The third-order valence-electron chi connectivity index (χ3n) is 3.16. The normalized spacial score (nSPS) is 18.9. The highest BCUT2D eigenvalue weighted by Crippen LogP contribution is 2.21. The smallest absolute Gasteiger partial charge is 0.141 e. The second kappa shape index (κ2) is 4.10. The number of hydrogen-bond acceptors (Lipinski definition) is 2. The maximum Gasteiger partial charge on any atom is 0.141 e. The van der Waals surface area contributed by atoms with E-state index in [2.05, 4.69) is 47.0 Å². The monoisotopic (exact) mass is 222 g/mol. The third kappa shape index (κ3) is 1.85. The summed E-state index contributed by atoms with van der Waals surface area (Å²) in [7, 11) is 0. The molecule has 0 saturated carbocycles. The van der Waals surface area contributed by atoms with Crippen LogP contribution in [0.1, 0.15) is 19.8 Å². The lowest BCUT2D eigenvalue weighted by atomic mass is 10.1. The predicted octanol–water partition coefficient (Wildman–Crippen LogP) is 3.18. The molecule has 1 aliphatic heterocycles. The Bertz CT molecular complexity index is 607. The van der Waals surface area contributed by atoms with Crippen LogP contribution in [0.4, 0.5) is 5.82 Å². The van der Waals surface area contributed by atoms with Crippen LogP contribution in [0.25, 0.3) is 10.9 Å². The molecular weight excluding hydrogens is 208 g/mol. The lowest BCUT2D eigenvalue weighted by Gasteiger charge is -2.26. The Hall–Kier alpha value is -2.01. The van der Waals surface area contributed by atoms with Gasteiger partial charge in [0.25, 0.3) is 0 Å². The van der Waals surface area contributed by atoms with Gasteiger partial charge < -0.3 is 0 Å². The van der Waals surface area contributed by atoms with Gasteiger partial charge >= 0.3 is 0 Å². The molecule has 0 aliphatic carbocycles. The quantitative estimate of drug-likeness (QED) is 0.689. The SMILES string of the molecule is CC1CCC#CN1c1ccc2ccccc2n1. The molecule has 1 aromatic heterocycles. The number of benzene rings is 1. The summed E-state index contributed by atoms with van der Waals surface area (Å²) >= 11 is 0. The highest BCUT2D eigenvalue weighted by molar-refractivity contribution is 5.80. The predicted molar refractivity (Wildman–Crippen MR) is 70.7 cm³/mol. The second-order valence-corrected chi connectivity index (χ2v) is 4.41. The maximum absolute atomic E-state index is 4.67. The van der Waals surface area contributed by atoms with Crippen LogP contribution >= 0.6 is 0 Å². The molecule has 1 unspecified atom stereocenters. The summed E-state index contributed by atoms with van der Waals surface area (Å²) in [4.78, 5) is 6.75. The van der Waals surface area contributed by atoms with Gasteiger partial charge in [-0.05, 0) is 31.5 Å². The van der Waals surface area contributed by atoms with Gasteiger partial charge in [-0.2, -0.15) is 0 Å². The van der Waals surface area contributed by atoms with E-state index < -0.39 is 0 Å². The fourth-order valence-corrected chi connectivity index (χ4v) is 2.13. The minimum atomic E-state index is 0.449. The van der Waals surface area contributed by atoms with Gasteiger partial charge in [0.1, 0.15) is 5.82 Å². The van der Waals surface area contributed by atoms with Crippen molar-refractivity contribution >= 4 is 16.7 Å². The van der Waals surface area contributed by atoms with E-state index in [0.29, 0.717) is 6.04 Å². The van der Waals surface area contributed by atoms with Crippen molar-refractivity contribution in [1.29, 1.82) is 0 Å². The summed E-state index contributed by atoms with van der Waals surface area (Å²) in [6.07, 6.45) is 2.10. The van der Waals surface area contributed by atoms with Crippen LogP contribution in [0.5, 0.6) is 0 Å². The van der Waals surface area contributed by atoms with Gasteiger partial charge in [-0.3, -0.25) is 4.90 Å². The van der Waals surface area contributed by atoms with Gasteiger partial charge in [0.15, 0.2) is 0 Å². The molecule has 0 saturated heterocycles. The number of aromatic nitrogens is 1. The number of para-hydroxylation sites is 1. The summed E-state index contributed by atoms with van der Waals surface area (Å²) in [5, 5.41) is 1.17. The summed E-state index contributed by atoms with van der Waals surface area (Å²) in [5.41, 5.74) is 1.03. The van der Waals surface area contributed by atoms with E-state index in [1.54, 1.807) is 0 Å². The average Bonchev–Trinajstić information content (AvgIpc) is 2.39. The van der Waals surface area contributed by atoms with Crippen LogP contribution in [0, 0.1) is 12.0 Å². The van der Waals surface area contributed by atoms with Crippen LogP contribution in [0.2, 0.25) is 0 Å². The van der Waals surface area contributed by atoms with Crippen molar-refractivity contribution in [2.24, 2.45) is 0 Å². The largest absolute Gasteiger partial charge is 0.283 e. The molecule has 3 rings (SSSR count). The molecule has 0 amide bonds. The first-order valence-corrected chi connectivity index (χ1v) is 5.98. The highest BCUT2D eigenvalue weighted by Gasteiger charge is 2.16. The Morgan fingerprint density at radius 2 is 2.12 bits per heavy atom. The van der Waals surface area contributed by atoms with Gasteiger partial charge in [0, 0.05) is 23.9 Å². The fourth-order valence-electron chi connectivity index (χ4n) is 2.13. The molecule has 1 aromatic carbocycles. The van der Waals surface area contributed by atoms with Gasteiger partial charge in [0.2, 0.25) is 0 Å². The molecule has 2 nitrogen and oxygen atoms in total. The van der Waals surface area contributed by atoms with E-state index in [0.717, 1.165) is 24.2 Å². The lowest BCUT2D eigenvalue weighted by Crippen LogP contribution is -2.31. The summed E-state index contributed by atoms with van der Waals surface area (Å²) in [6.45, 7) is 2.20. The van der Waals surface area contributed by atoms with Gasteiger partial charge in [-0.1, -0.05) is 24.1 Å². The van der Waals surface area contributed by atoms with Crippen molar-refractivity contribution < 1.29 is 0 Å². The van der Waals surface area contributed by atoms with Gasteiger partial charge in [-0.25, -0.2) is 4.98 Å². The van der Waals surface area contributed by atoms with Crippen molar-refractivity contribution in [1.82, 2.24) is 4.98 Å². The Kier molecular flexibility index (Phi) is 2.45. The molecule has 0 N–H and O–H groups in total. The van der Waals surface area contributed by atoms with Crippen LogP contribution in [-0.4, -0.2) is 11.0 Å². The molecule has 2 heterocycles. The summed E-state index contributed by atoms with van der Waals surface area (Å²) in [5.74, 6) is 4.11. The van der Waals surface area contributed by atoms with Gasteiger partial charge in [-0.15, -0.1) is 0 Å². The van der Waals surface area contributed by atoms with E-state index >= 15 is 0 Å². The minimum Gasteiger partial charge on any atom is -0.283 e. The van der Waals surface area contributed by atoms with Crippen molar-refractivity contribution in [3.63, 3.8) is 0 Å². The Labute approximate surface area is 101 Å². The van der Waals surface area contributed by atoms with Crippen LogP contribution in [0.3, 0.4) is 0 Å². The molecular formula is C15H14N2. The van der Waals surface area contributed by atoms with Crippen LogP contribution < -0.4 is 4.90 Å². The molecule has 2 aromatic rings. The second-order valence-electron chi connectivity index (χ2n) is 4.41. The molecule has 0 bridgehead atoms. The number of rotatable bonds is 1. The number of nitrogens with zero attached hydrogens (tertiary/aromatic N) is 2. The lowest BCUT2D eigenvalue weighted by molar-refractivity contribution is 0.646. The maximum atomic E-state index is 4.67. The van der Waals surface area contributed by atoms with Crippen molar-refractivity contribution in [2.75, 3.05) is 4.90 Å². The molecule has 1 aliphatic rings. The molecule has 0 fully saturated rings. The Morgan fingerprint density at radius 1 is 1.24 bits per heavy atom. The molecule has 17 heavy (non-hydrogen) atoms. The highest BCUT2D eigenvalue weighted by atomic mass is 15.2. The average molecular weight is 222 g/mol. The standard InChI is InChI=1S/C15H14N2/c1-12-6-4-5-11-17(12)15-10-9-13-7-2-3-8-14(13)16-15/h2-3,7-10,12H,4,6H2,1H3. The zero-order valence-electron chi connectivity index (χ0n) is 9.85. The number of pyridine rings is 1. The van der Waals surface area contributed by atoms with E-state index in [1.165, 1.54) is 5.39 Å². The van der Waals surface area contributed by atoms with Crippen molar-refractivity contribution in [3.05, 3.63) is 36.4 Å². The van der Waals surface area contributed by atoms with E-state index in [-0.39, 0.29) is 0 Å². The van der Waals surface area contributed by atoms with Gasteiger partial charge in [0.05, 0.1) is 5.52 Å². The molecule has 1 atom stereocenters. The summed E-state index contributed by atoms with van der Waals surface area (Å²) < 4.78 is 0. The number of fused-ring (bicyclic) bond motifs is 1. The topological polar surface area (TPSA) is 16.1 Å².